The zero-order chi connectivity index (χ0) is 20.1. The molecule has 2 heterocycles. The van der Waals surface area contributed by atoms with Gasteiger partial charge in [0.2, 0.25) is 0 Å². The number of nitrogens with one attached hydrogen (secondary N) is 1. The number of nitrogens with zero attached hydrogens (tertiary/aromatic N) is 2. The molecule has 6 nitrogen and oxygen atoms in total. The van der Waals surface area contributed by atoms with Crippen molar-refractivity contribution >= 4 is 28.8 Å². The van der Waals surface area contributed by atoms with Crippen molar-refractivity contribution in [2.75, 3.05) is 35.3 Å². The number of para-hydroxylation sites is 2. The minimum absolute atomic E-state index is 0.00905. The Balaban J connectivity index is 1.61. The minimum Gasteiger partial charge on any atom is -0.479 e. The number of ether oxygens (including phenoxy) is 1. The highest BCUT2D eigenvalue weighted by atomic mass is 16.5. The molecule has 0 bridgehead atoms. The van der Waals surface area contributed by atoms with Gasteiger partial charge in [0.1, 0.15) is 5.75 Å². The molecule has 0 fully saturated rings. The third-order valence-corrected chi connectivity index (χ3v) is 5.26. The Hall–Kier alpha value is -3.02. The first kappa shape index (κ1) is 18.3. The van der Waals surface area contributed by atoms with Crippen LogP contribution in [0.4, 0.5) is 17.1 Å². The molecule has 4 rings (SSSR count). The minimum atomic E-state index is -0.515. The molecule has 0 saturated carbocycles. The van der Waals surface area contributed by atoms with E-state index in [4.69, 9.17) is 4.74 Å². The highest BCUT2D eigenvalue weighted by molar-refractivity contribution is 6.04. The molecule has 0 aliphatic carbocycles. The summed E-state index contributed by atoms with van der Waals surface area (Å²) in [5, 5.41) is 3.52. The lowest BCUT2D eigenvalue weighted by Crippen LogP contribution is -2.50. The summed E-state index contributed by atoms with van der Waals surface area (Å²) in [6.45, 7) is 6.97. The summed E-state index contributed by atoms with van der Waals surface area (Å²) in [5.74, 6) is 0.518. The molecule has 0 spiro atoms. The van der Waals surface area contributed by atoms with Crippen molar-refractivity contribution in [2.24, 2.45) is 0 Å². The number of fused-ring (bicyclic) bond motifs is 2. The van der Waals surface area contributed by atoms with Crippen LogP contribution in [0.5, 0.6) is 5.75 Å². The Morgan fingerprint density at radius 3 is 2.75 bits per heavy atom. The van der Waals surface area contributed by atoms with Gasteiger partial charge in [0.15, 0.2) is 11.9 Å². The van der Waals surface area contributed by atoms with E-state index in [0.29, 0.717) is 17.0 Å². The fourth-order valence-electron chi connectivity index (χ4n) is 3.91. The molecule has 0 radical (unpaired) electrons. The Bertz CT molecular complexity index is 954. The lowest BCUT2D eigenvalue weighted by atomic mass is 9.98. The number of likely N-dealkylation sites (N-methyl/N-ethyl adjacent to an activating group) is 1. The second-order valence-electron chi connectivity index (χ2n) is 8.15. The van der Waals surface area contributed by atoms with Gasteiger partial charge in [-0.2, -0.15) is 0 Å². The summed E-state index contributed by atoms with van der Waals surface area (Å²) in [4.78, 5) is 28.9. The summed E-state index contributed by atoms with van der Waals surface area (Å²) in [6, 6.07) is 13.3. The van der Waals surface area contributed by atoms with E-state index in [-0.39, 0.29) is 23.8 Å². The monoisotopic (exact) mass is 379 g/mol. The van der Waals surface area contributed by atoms with Crippen LogP contribution in [-0.4, -0.2) is 43.5 Å². The fourth-order valence-corrected chi connectivity index (χ4v) is 3.91. The first-order chi connectivity index (χ1) is 13.2. The summed E-state index contributed by atoms with van der Waals surface area (Å²) in [5.41, 5.74) is 3.13. The Morgan fingerprint density at radius 2 is 1.96 bits per heavy atom. The molecular formula is C22H25N3O3. The molecule has 6 heteroatoms. The van der Waals surface area contributed by atoms with E-state index in [9.17, 15) is 9.59 Å². The van der Waals surface area contributed by atoms with Crippen LogP contribution >= 0.6 is 0 Å². The molecule has 2 aliphatic heterocycles. The zero-order valence-electron chi connectivity index (χ0n) is 16.7. The lowest BCUT2D eigenvalue weighted by Gasteiger charge is -2.41. The van der Waals surface area contributed by atoms with Gasteiger partial charge in [-0.25, -0.2) is 0 Å². The van der Waals surface area contributed by atoms with Crippen LogP contribution in [0.15, 0.2) is 42.5 Å². The highest BCUT2D eigenvalue weighted by Crippen LogP contribution is 2.36. The third-order valence-electron chi connectivity index (χ3n) is 5.26. The second kappa shape index (κ2) is 6.55. The van der Waals surface area contributed by atoms with Crippen molar-refractivity contribution in [3.63, 3.8) is 0 Å². The van der Waals surface area contributed by atoms with Crippen LogP contribution in [0.3, 0.4) is 0 Å². The van der Waals surface area contributed by atoms with Crippen LogP contribution in [-0.2, 0) is 4.79 Å². The van der Waals surface area contributed by atoms with Crippen molar-refractivity contribution in [1.29, 1.82) is 0 Å². The van der Waals surface area contributed by atoms with Gasteiger partial charge in [-0.15, -0.1) is 0 Å². The van der Waals surface area contributed by atoms with E-state index >= 15 is 0 Å². The average molecular weight is 379 g/mol. The number of ketones is 1. The van der Waals surface area contributed by atoms with Crippen LogP contribution in [0.2, 0.25) is 0 Å². The third kappa shape index (κ3) is 3.19. The molecule has 1 N–H and O–H groups in total. The second-order valence-corrected chi connectivity index (χ2v) is 8.15. The van der Waals surface area contributed by atoms with Crippen LogP contribution in [0.25, 0.3) is 0 Å². The maximum absolute atomic E-state index is 13.1. The summed E-state index contributed by atoms with van der Waals surface area (Å²) in [6.07, 6.45) is -0.515. The van der Waals surface area contributed by atoms with E-state index in [0.717, 1.165) is 17.9 Å². The summed E-state index contributed by atoms with van der Waals surface area (Å²) < 4.78 is 5.65. The van der Waals surface area contributed by atoms with Gasteiger partial charge in [-0.3, -0.25) is 9.59 Å². The topological polar surface area (TPSA) is 61.9 Å². The number of Topliss-reactive ketones (excluding diaryl/α,β-unsaturated/α-hetero) is 1. The van der Waals surface area contributed by atoms with Gasteiger partial charge in [0.05, 0.1) is 23.6 Å². The first-order valence-corrected chi connectivity index (χ1v) is 9.49. The van der Waals surface area contributed by atoms with Gasteiger partial charge in [-0.05, 0) is 51.1 Å². The van der Waals surface area contributed by atoms with Crippen molar-refractivity contribution in [2.45, 2.75) is 32.4 Å². The molecular weight excluding hydrogens is 354 g/mol. The number of amides is 1. The van der Waals surface area contributed by atoms with Crippen molar-refractivity contribution in [3.05, 3.63) is 48.0 Å². The normalized spacial score (nSPS) is 20.0. The summed E-state index contributed by atoms with van der Waals surface area (Å²) >= 11 is 0. The van der Waals surface area contributed by atoms with E-state index in [1.54, 1.807) is 37.1 Å². The van der Waals surface area contributed by atoms with E-state index in [1.165, 1.54) is 0 Å². The number of hydrogen-bond acceptors (Lipinski definition) is 5. The smallest absolute Gasteiger partial charge is 0.267 e. The van der Waals surface area contributed by atoms with Gasteiger partial charge in [-0.1, -0.05) is 12.1 Å². The largest absolute Gasteiger partial charge is 0.479 e. The Kier molecular flexibility index (Phi) is 4.29. The SMILES string of the molecule is CC1Oc2ccc(C(=O)CN3CC(C)(C)Nc4ccccc43)cc2N(C)C1=O. The zero-order valence-corrected chi connectivity index (χ0v) is 16.7. The molecule has 1 atom stereocenters. The molecule has 1 unspecified atom stereocenters. The van der Waals surface area contributed by atoms with Crippen LogP contribution < -0.4 is 19.9 Å². The molecule has 146 valence electrons. The van der Waals surface area contributed by atoms with Crippen molar-refractivity contribution in [1.82, 2.24) is 0 Å². The van der Waals surface area contributed by atoms with Gasteiger partial charge < -0.3 is 19.9 Å². The molecule has 1 amide bonds. The number of carbonyl (C=O) groups excluding carboxylic acids is 2. The first-order valence-electron chi connectivity index (χ1n) is 9.49. The average Bonchev–Trinajstić information content (AvgIpc) is 2.65. The van der Waals surface area contributed by atoms with Crippen molar-refractivity contribution < 1.29 is 14.3 Å². The van der Waals surface area contributed by atoms with Gasteiger partial charge in [0.25, 0.3) is 5.91 Å². The van der Waals surface area contributed by atoms with E-state index in [2.05, 4.69) is 24.1 Å². The molecule has 0 saturated heterocycles. The lowest BCUT2D eigenvalue weighted by molar-refractivity contribution is -0.125. The van der Waals surface area contributed by atoms with Crippen molar-refractivity contribution in [3.8, 4) is 5.75 Å². The fraction of sp³-hybridized carbons (Fsp3) is 0.364. The molecule has 28 heavy (non-hydrogen) atoms. The number of anilines is 3. The van der Waals surface area contributed by atoms with E-state index < -0.39 is 6.10 Å². The predicted octanol–water partition coefficient (Wildman–Crippen LogP) is 3.32. The quantitative estimate of drug-likeness (QED) is 0.829. The molecule has 2 aliphatic rings. The van der Waals surface area contributed by atoms with Crippen LogP contribution in [0.1, 0.15) is 31.1 Å². The number of rotatable bonds is 3. The predicted molar refractivity (Wildman–Crippen MR) is 111 cm³/mol. The molecule has 2 aromatic rings. The Morgan fingerprint density at radius 1 is 1.21 bits per heavy atom. The number of carbonyl (C=O) groups is 2. The molecule has 0 aromatic heterocycles. The summed E-state index contributed by atoms with van der Waals surface area (Å²) in [7, 11) is 1.71. The van der Waals surface area contributed by atoms with Crippen LogP contribution in [0, 0.1) is 0 Å². The number of benzene rings is 2. The van der Waals surface area contributed by atoms with Gasteiger partial charge in [0, 0.05) is 24.7 Å². The molecule has 2 aromatic carbocycles. The van der Waals surface area contributed by atoms with Gasteiger partial charge >= 0.3 is 0 Å². The maximum atomic E-state index is 13.1. The Labute approximate surface area is 165 Å². The maximum Gasteiger partial charge on any atom is 0.267 e. The standard InChI is InChI=1S/C22H25N3O3/c1-14-21(27)24(4)18-11-15(9-10-20(18)28-14)19(26)12-25-13-22(2,3)23-16-7-5-6-8-17(16)25/h5-11,14,23H,12-13H2,1-4H3. The number of hydrogen-bond donors (Lipinski definition) is 1. The van der Waals surface area contributed by atoms with E-state index in [1.807, 2.05) is 24.3 Å². The highest BCUT2D eigenvalue weighted by Gasteiger charge is 2.32.